The van der Waals surface area contributed by atoms with E-state index in [9.17, 15) is 0 Å². The van der Waals surface area contributed by atoms with E-state index in [1.54, 1.807) is 18.4 Å². The second-order valence-corrected chi connectivity index (χ2v) is 7.24. The summed E-state index contributed by atoms with van der Waals surface area (Å²) in [6.07, 6.45) is 4.24. The number of likely N-dealkylation sites (tertiary alicyclic amines) is 1. The zero-order valence-corrected chi connectivity index (χ0v) is 15.5. The predicted molar refractivity (Wildman–Crippen MR) is 96.9 cm³/mol. The molecule has 0 radical (unpaired) electrons. The molecule has 0 saturated carbocycles. The molecule has 2 N–H and O–H groups in total. The molecule has 22 heavy (non-hydrogen) atoms. The molecule has 2 heterocycles. The molecule has 120 valence electrons. The lowest BCUT2D eigenvalue weighted by Gasteiger charge is -2.25. The number of anilines is 1. The second-order valence-electron chi connectivity index (χ2n) is 5.18. The smallest absolute Gasteiger partial charge is 0.180 e. The number of methoxy groups -OCH3 is 1. The molecule has 1 atom stereocenters. The number of aromatic nitrogens is 1. The normalized spacial score (nSPS) is 18.2. The summed E-state index contributed by atoms with van der Waals surface area (Å²) in [7, 11) is 1.73. The first-order chi connectivity index (χ1) is 10.2. The number of halogens is 2. The summed E-state index contributed by atoms with van der Waals surface area (Å²) in [4.78, 5) is 7.84. The van der Waals surface area contributed by atoms with Gasteiger partial charge in [-0.1, -0.05) is 15.9 Å². The van der Waals surface area contributed by atoms with Crippen molar-refractivity contribution in [2.75, 3.05) is 19.4 Å². The van der Waals surface area contributed by atoms with Gasteiger partial charge in [0.05, 0.1) is 7.11 Å². The van der Waals surface area contributed by atoms with E-state index in [0.717, 1.165) is 29.7 Å². The molecule has 0 spiro atoms. The van der Waals surface area contributed by atoms with Crippen molar-refractivity contribution >= 4 is 44.8 Å². The van der Waals surface area contributed by atoms with Crippen molar-refractivity contribution in [1.82, 2.24) is 9.88 Å². The Bertz CT molecular complexity index is 637. The Labute approximate surface area is 149 Å². The van der Waals surface area contributed by atoms with Crippen LogP contribution in [-0.4, -0.2) is 23.5 Å². The van der Waals surface area contributed by atoms with Gasteiger partial charge in [0, 0.05) is 33.7 Å². The van der Waals surface area contributed by atoms with E-state index in [2.05, 4.69) is 31.9 Å². The van der Waals surface area contributed by atoms with E-state index in [1.165, 1.54) is 16.9 Å². The lowest BCUT2D eigenvalue weighted by atomic mass is 10.0. The standard InChI is InChI=1S/C15H18BrN3OS.ClH/c1-20-14-5-4-10(16)7-12(14)13-3-2-6-19(13)9-11-8-18-15(17)21-11;/h4-5,7-8,13H,2-3,6,9H2,1H3,(H2,17,18);1H. The minimum atomic E-state index is 0. The first-order valence-electron chi connectivity index (χ1n) is 6.95. The van der Waals surface area contributed by atoms with Gasteiger partial charge in [0.1, 0.15) is 5.75 Å². The highest BCUT2D eigenvalue weighted by Gasteiger charge is 2.28. The fourth-order valence-corrected chi connectivity index (χ4v) is 4.02. The minimum Gasteiger partial charge on any atom is -0.496 e. The van der Waals surface area contributed by atoms with Crippen LogP contribution in [0, 0.1) is 0 Å². The van der Waals surface area contributed by atoms with Crippen LogP contribution in [0.15, 0.2) is 28.9 Å². The van der Waals surface area contributed by atoms with E-state index < -0.39 is 0 Å². The number of nitrogens with two attached hydrogens (primary N) is 1. The van der Waals surface area contributed by atoms with Crippen molar-refractivity contribution in [2.24, 2.45) is 0 Å². The number of hydrogen-bond donors (Lipinski definition) is 1. The molecule has 0 bridgehead atoms. The SMILES string of the molecule is COc1ccc(Br)cc1C1CCCN1Cc1cnc(N)s1.Cl. The lowest BCUT2D eigenvalue weighted by Crippen LogP contribution is -2.22. The van der Waals surface area contributed by atoms with Crippen molar-refractivity contribution in [2.45, 2.75) is 25.4 Å². The van der Waals surface area contributed by atoms with Crippen LogP contribution in [0.5, 0.6) is 5.75 Å². The zero-order chi connectivity index (χ0) is 14.8. The maximum atomic E-state index is 5.73. The topological polar surface area (TPSA) is 51.4 Å². The highest BCUT2D eigenvalue weighted by atomic mass is 79.9. The van der Waals surface area contributed by atoms with Crippen molar-refractivity contribution < 1.29 is 4.74 Å². The van der Waals surface area contributed by atoms with E-state index in [0.29, 0.717) is 11.2 Å². The van der Waals surface area contributed by atoms with Crippen LogP contribution in [0.25, 0.3) is 0 Å². The molecule has 1 saturated heterocycles. The molecule has 1 aliphatic rings. The van der Waals surface area contributed by atoms with Crippen LogP contribution in [0.3, 0.4) is 0 Å². The summed E-state index contributed by atoms with van der Waals surface area (Å²) in [5.74, 6) is 0.957. The van der Waals surface area contributed by atoms with Gasteiger partial charge in [-0.3, -0.25) is 4.90 Å². The lowest BCUT2D eigenvalue weighted by molar-refractivity contribution is 0.245. The Morgan fingerprint density at radius 2 is 2.32 bits per heavy atom. The summed E-state index contributed by atoms with van der Waals surface area (Å²) in [5, 5.41) is 0.640. The van der Waals surface area contributed by atoms with Crippen LogP contribution in [0.2, 0.25) is 0 Å². The van der Waals surface area contributed by atoms with Gasteiger partial charge in [0.15, 0.2) is 5.13 Å². The molecule has 1 aromatic carbocycles. The van der Waals surface area contributed by atoms with E-state index >= 15 is 0 Å². The second kappa shape index (κ2) is 7.64. The van der Waals surface area contributed by atoms with Crippen LogP contribution >= 0.6 is 39.7 Å². The van der Waals surface area contributed by atoms with Gasteiger partial charge >= 0.3 is 0 Å². The van der Waals surface area contributed by atoms with Crippen LogP contribution in [-0.2, 0) is 6.54 Å². The molecule has 1 fully saturated rings. The summed E-state index contributed by atoms with van der Waals surface area (Å²) in [6, 6.07) is 6.61. The molecule has 2 aromatic rings. The number of ether oxygens (including phenoxy) is 1. The van der Waals surface area contributed by atoms with Crippen molar-refractivity contribution in [3.05, 3.63) is 39.3 Å². The van der Waals surface area contributed by atoms with E-state index in [4.69, 9.17) is 10.5 Å². The highest BCUT2D eigenvalue weighted by Crippen LogP contribution is 2.39. The number of rotatable bonds is 4. The summed E-state index contributed by atoms with van der Waals surface area (Å²) in [6.45, 7) is 1.99. The molecule has 1 aromatic heterocycles. The number of benzene rings is 1. The molecule has 1 aliphatic heterocycles. The van der Waals surface area contributed by atoms with Crippen molar-refractivity contribution in [1.29, 1.82) is 0 Å². The highest BCUT2D eigenvalue weighted by molar-refractivity contribution is 9.10. The Morgan fingerprint density at radius 1 is 1.50 bits per heavy atom. The molecule has 0 aliphatic carbocycles. The Morgan fingerprint density at radius 3 is 3.00 bits per heavy atom. The monoisotopic (exact) mass is 403 g/mol. The number of hydrogen-bond acceptors (Lipinski definition) is 5. The fourth-order valence-electron chi connectivity index (χ4n) is 2.93. The largest absolute Gasteiger partial charge is 0.496 e. The van der Waals surface area contributed by atoms with Gasteiger partial charge in [-0.15, -0.1) is 23.7 Å². The third-order valence-corrected chi connectivity index (χ3v) is 5.15. The van der Waals surface area contributed by atoms with Crippen molar-refractivity contribution in [3.8, 4) is 5.75 Å². The minimum absolute atomic E-state index is 0. The molecule has 4 nitrogen and oxygen atoms in total. The van der Waals surface area contributed by atoms with Crippen LogP contribution < -0.4 is 10.5 Å². The van der Waals surface area contributed by atoms with Crippen LogP contribution in [0.4, 0.5) is 5.13 Å². The molecular weight excluding hydrogens is 386 g/mol. The third-order valence-electron chi connectivity index (χ3n) is 3.84. The third kappa shape index (κ3) is 3.74. The van der Waals surface area contributed by atoms with Gasteiger partial charge in [0.2, 0.25) is 0 Å². The molecule has 7 heteroatoms. The number of nitrogen functional groups attached to an aromatic ring is 1. The van der Waals surface area contributed by atoms with E-state index in [-0.39, 0.29) is 12.4 Å². The zero-order valence-electron chi connectivity index (χ0n) is 12.3. The number of thiazole rings is 1. The maximum Gasteiger partial charge on any atom is 0.180 e. The predicted octanol–water partition coefficient (Wildman–Crippen LogP) is 4.26. The fraction of sp³-hybridized carbons (Fsp3) is 0.400. The Balaban J connectivity index is 0.00000176. The Kier molecular flexibility index (Phi) is 6.09. The number of nitrogens with zero attached hydrogens (tertiary/aromatic N) is 2. The average molecular weight is 405 g/mol. The quantitative estimate of drug-likeness (QED) is 0.827. The van der Waals surface area contributed by atoms with Gasteiger partial charge in [-0.05, 0) is 37.6 Å². The first-order valence-corrected chi connectivity index (χ1v) is 8.56. The average Bonchev–Trinajstić information content (AvgIpc) is 3.08. The molecule has 1 unspecified atom stereocenters. The maximum absolute atomic E-state index is 5.73. The van der Waals surface area contributed by atoms with Gasteiger partial charge in [0.25, 0.3) is 0 Å². The van der Waals surface area contributed by atoms with Crippen LogP contribution in [0.1, 0.15) is 29.3 Å². The van der Waals surface area contributed by atoms with Gasteiger partial charge < -0.3 is 10.5 Å². The molecule has 0 amide bonds. The van der Waals surface area contributed by atoms with Crippen molar-refractivity contribution in [3.63, 3.8) is 0 Å². The Hall–Kier alpha value is -0.820. The van der Waals surface area contributed by atoms with E-state index in [1.807, 2.05) is 18.3 Å². The van der Waals surface area contributed by atoms with Gasteiger partial charge in [-0.25, -0.2) is 4.98 Å². The first kappa shape index (κ1) is 17.5. The molecular formula is C15H19BrClN3OS. The summed E-state index contributed by atoms with van der Waals surface area (Å²) >= 11 is 5.13. The summed E-state index contributed by atoms with van der Waals surface area (Å²) in [5.41, 5.74) is 6.98. The van der Waals surface area contributed by atoms with Gasteiger partial charge in [-0.2, -0.15) is 0 Å². The molecule has 3 rings (SSSR count). The summed E-state index contributed by atoms with van der Waals surface area (Å²) < 4.78 is 6.63.